The summed E-state index contributed by atoms with van der Waals surface area (Å²) in [5.41, 5.74) is 1.97. The maximum absolute atomic E-state index is 10.3. The number of ether oxygens (including phenoxy) is 1. The summed E-state index contributed by atoms with van der Waals surface area (Å²) >= 11 is 5.07. The second-order valence-corrected chi connectivity index (χ2v) is 6.72. The van der Waals surface area contributed by atoms with Gasteiger partial charge in [-0.3, -0.25) is 0 Å². The summed E-state index contributed by atoms with van der Waals surface area (Å²) in [5, 5.41) is 10.3. The molecule has 2 rings (SSSR count). The summed E-state index contributed by atoms with van der Waals surface area (Å²) in [6, 6.07) is 9.90. The fourth-order valence-electron chi connectivity index (χ4n) is 1.86. The maximum atomic E-state index is 10.3. The average Bonchev–Trinajstić information content (AvgIpc) is 2.74. The predicted molar refractivity (Wildman–Crippen MR) is 78.4 cm³/mol. The van der Waals surface area contributed by atoms with Gasteiger partial charge in [0.1, 0.15) is 5.75 Å². The van der Waals surface area contributed by atoms with Crippen LogP contribution in [0.5, 0.6) is 5.75 Å². The van der Waals surface area contributed by atoms with E-state index in [9.17, 15) is 5.11 Å². The van der Waals surface area contributed by atoms with Crippen LogP contribution >= 0.6 is 27.3 Å². The van der Waals surface area contributed by atoms with E-state index in [1.165, 1.54) is 0 Å². The third-order valence-electron chi connectivity index (χ3n) is 2.77. The summed E-state index contributed by atoms with van der Waals surface area (Å²) in [6.07, 6.45) is 0.0708. The van der Waals surface area contributed by atoms with Crippen molar-refractivity contribution in [2.24, 2.45) is 0 Å². The van der Waals surface area contributed by atoms with Gasteiger partial charge in [0, 0.05) is 16.9 Å². The summed E-state index contributed by atoms with van der Waals surface area (Å²) in [4.78, 5) is 1.15. The first-order chi connectivity index (χ1) is 8.60. The minimum Gasteiger partial charge on any atom is -0.496 e. The largest absolute Gasteiger partial charge is 0.496 e. The molecule has 0 amide bonds. The topological polar surface area (TPSA) is 29.5 Å². The van der Waals surface area contributed by atoms with Crippen LogP contribution in [0.25, 0.3) is 0 Å². The number of aliphatic hydroxyl groups excluding tert-OH is 1. The highest BCUT2D eigenvalue weighted by Crippen LogP contribution is 2.31. The lowest BCUT2D eigenvalue weighted by Crippen LogP contribution is -2.03. The second kappa shape index (κ2) is 5.87. The molecule has 1 unspecified atom stereocenters. The minimum absolute atomic E-state index is 0.536. The van der Waals surface area contributed by atoms with Gasteiger partial charge in [-0.15, -0.1) is 11.3 Å². The highest BCUT2D eigenvalue weighted by atomic mass is 79.9. The molecule has 2 aromatic rings. The molecule has 0 saturated carbocycles. The van der Waals surface area contributed by atoms with Crippen molar-refractivity contribution < 1.29 is 9.84 Å². The molecule has 2 nitrogen and oxygen atoms in total. The number of aliphatic hydroxyl groups is 1. The molecule has 0 radical (unpaired) electrons. The molecule has 0 aliphatic heterocycles. The fourth-order valence-corrected chi connectivity index (χ4v) is 3.38. The Hall–Kier alpha value is -0.840. The van der Waals surface area contributed by atoms with E-state index in [1.54, 1.807) is 18.4 Å². The summed E-state index contributed by atoms with van der Waals surface area (Å²) in [7, 11) is 1.63. The number of benzene rings is 1. The van der Waals surface area contributed by atoms with Gasteiger partial charge in [-0.25, -0.2) is 0 Å². The molecule has 0 aliphatic carbocycles. The van der Waals surface area contributed by atoms with E-state index in [1.807, 2.05) is 37.3 Å². The van der Waals surface area contributed by atoms with Crippen molar-refractivity contribution in [1.29, 1.82) is 0 Å². The Morgan fingerprint density at radius 3 is 2.72 bits per heavy atom. The first kappa shape index (κ1) is 13.6. The van der Waals surface area contributed by atoms with Gasteiger partial charge in [-0.2, -0.15) is 0 Å². The van der Waals surface area contributed by atoms with Crippen LogP contribution in [0, 0.1) is 6.92 Å². The van der Waals surface area contributed by atoms with Gasteiger partial charge in [-0.1, -0.05) is 12.1 Å². The van der Waals surface area contributed by atoms with Crippen molar-refractivity contribution in [2.75, 3.05) is 7.11 Å². The number of hydrogen-bond donors (Lipinski definition) is 1. The lowest BCUT2D eigenvalue weighted by molar-refractivity contribution is 0.175. The zero-order chi connectivity index (χ0) is 13.1. The van der Waals surface area contributed by atoms with Gasteiger partial charge in [0.05, 0.1) is 17.0 Å². The molecule has 96 valence electrons. The van der Waals surface area contributed by atoms with Crippen LogP contribution in [0.3, 0.4) is 0 Å². The molecule has 4 heteroatoms. The first-order valence-corrected chi connectivity index (χ1v) is 7.28. The van der Waals surface area contributed by atoms with Crippen LogP contribution in [-0.4, -0.2) is 12.2 Å². The smallest absolute Gasteiger partial charge is 0.124 e. The van der Waals surface area contributed by atoms with Gasteiger partial charge in [-0.05, 0) is 46.6 Å². The van der Waals surface area contributed by atoms with Crippen molar-refractivity contribution in [1.82, 2.24) is 0 Å². The lowest BCUT2D eigenvalue weighted by atomic mass is 10.0. The zero-order valence-electron chi connectivity index (χ0n) is 10.3. The van der Waals surface area contributed by atoms with Gasteiger partial charge in [0.2, 0.25) is 0 Å². The van der Waals surface area contributed by atoms with Crippen LogP contribution in [0.2, 0.25) is 0 Å². The quantitative estimate of drug-likeness (QED) is 0.916. The van der Waals surface area contributed by atoms with Crippen LogP contribution in [0.4, 0.5) is 0 Å². The normalized spacial score (nSPS) is 12.4. The van der Waals surface area contributed by atoms with Crippen molar-refractivity contribution in [2.45, 2.75) is 19.4 Å². The molecule has 0 aliphatic rings. The Bertz CT molecular complexity index is 536. The standard InChI is InChI=1S/C14H15BrO2S/c1-9-3-5-11(13(7-9)17-2)12(16)8-10-4-6-14(15)18-10/h3-7,12,16H,8H2,1-2H3. The zero-order valence-corrected chi connectivity index (χ0v) is 12.7. The van der Waals surface area contributed by atoms with Gasteiger partial charge >= 0.3 is 0 Å². The molecule has 1 aromatic carbocycles. The van der Waals surface area contributed by atoms with Gasteiger partial charge in [0.15, 0.2) is 0 Å². The number of thiophene rings is 1. The number of methoxy groups -OCH3 is 1. The average molecular weight is 327 g/mol. The Morgan fingerprint density at radius 2 is 2.11 bits per heavy atom. The Labute approximate surface area is 119 Å². The fraction of sp³-hybridized carbons (Fsp3) is 0.286. The molecule has 0 bridgehead atoms. The first-order valence-electron chi connectivity index (χ1n) is 5.67. The number of rotatable bonds is 4. The summed E-state index contributed by atoms with van der Waals surface area (Å²) in [6.45, 7) is 2.01. The van der Waals surface area contributed by atoms with E-state index >= 15 is 0 Å². The van der Waals surface area contributed by atoms with Crippen LogP contribution in [0.15, 0.2) is 34.1 Å². The van der Waals surface area contributed by atoms with E-state index < -0.39 is 6.10 Å². The van der Waals surface area contributed by atoms with E-state index in [2.05, 4.69) is 15.9 Å². The van der Waals surface area contributed by atoms with E-state index in [0.717, 1.165) is 25.5 Å². The summed E-state index contributed by atoms with van der Waals surface area (Å²) < 4.78 is 6.41. The molecule has 0 spiro atoms. The van der Waals surface area contributed by atoms with Gasteiger partial charge in [0.25, 0.3) is 0 Å². The lowest BCUT2D eigenvalue weighted by Gasteiger charge is -2.14. The maximum Gasteiger partial charge on any atom is 0.124 e. The molecule has 0 saturated heterocycles. The number of hydrogen-bond acceptors (Lipinski definition) is 3. The van der Waals surface area contributed by atoms with Crippen molar-refractivity contribution in [3.63, 3.8) is 0 Å². The van der Waals surface area contributed by atoms with Crippen LogP contribution in [0.1, 0.15) is 22.1 Å². The van der Waals surface area contributed by atoms with E-state index in [4.69, 9.17) is 4.74 Å². The third-order valence-corrected chi connectivity index (χ3v) is 4.42. The van der Waals surface area contributed by atoms with Gasteiger partial charge < -0.3 is 9.84 Å². The number of halogens is 1. The minimum atomic E-state index is -0.536. The highest BCUT2D eigenvalue weighted by molar-refractivity contribution is 9.11. The monoisotopic (exact) mass is 326 g/mol. The highest BCUT2D eigenvalue weighted by Gasteiger charge is 2.14. The molecule has 0 fully saturated rings. The molecule has 18 heavy (non-hydrogen) atoms. The molecule has 1 N–H and O–H groups in total. The van der Waals surface area contributed by atoms with Crippen LogP contribution in [-0.2, 0) is 6.42 Å². The molecule has 1 aromatic heterocycles. The molecular formula is C14H15BrO2S. The van der Waals surface area contributed by atoms with Crippen molar-refractivity contribution >= 4 is 27.3 Å². The Morgan fingerprint density at radius 1 is 1.33 bits per heavy atom. The van der Waals surface area contributed by atoms with Crippen LogP contribution < -0.4 is 4.74 Å². The van der Waals surface area contributed by atoms with E-state index in [0.29, 0.717) is 6.42 Å². The SMILES string of the molecule is COc1cc(C)ccc1C(O)Cc1ccc(Br)s1. The molecular weight excluding hydrogens is 312 g/mol. The summed E-state index contributed by atoms with van der Waals surface area (Å²) in [5.74, 6) is 0.748. The van der Waals surface area contributed by atoms with E-state index in [-0.39, 0.29) is 0 Å². The van der Waals surface area contributed by atoms with Crippen molar-refractivity contribution in [3.8, 4) is 5.75 Å². The molecule has 1 atom stereocenters. The molecule has 1 heterocycles. The Balaban J connectivity index is 2.20. The second-order valence-electron chi connectivity index (χ2n) is 4.17. The number of aryl methyl sites for hydroxylation is 1. The predicted octanol–water partition coefficient (Wildman–Crippen LogP) is 4.10. The van der Waals surface area contributed by atoms with Crippen molar-refractivity contribution in [3.05, 3.63) is 50.1 Å². The third kappa shape index (κ3) is 3.13. The Kier molecular flexibility index (Phi) is 4.43.